The molecule has 2 rings (SSSR count). The Balaban J connectivity index is 2.09. The quantitative estimate of drug-likeness (QED) is 0.911. The van der Waals surface area contributed by atoms with Crippen LogP contribution in [0.1, 0.15) is 21.5 Å². The summed E-state index contributed by atoms with van der Waals surface area (Å²) in [6.45, 7) is 0.264. The van der Waals surface area contributed by atoms with Gasteiger partial charge in [0.15, 0.2) is 0 Å². The molecule has 0 aliphatic heterocycles. The summed E-state index contributed by atoms with van der Waals surface area (Å²) < 4.78 is 0. The van der Waals surface area contributed by atoms with Gasteiger partial charge in [0.25, 0.3) is 5.91 Å². The molecule has 0 aliphatic carbocycles. The normalized spacial score (nSPS) is 9.80. The van der Waals surface area contributed by atoms with Gasteiger partial charge in [0, 0.05) is 11.6 Å². The minimum absolute atomic E-state index is 0.119. The van der Waals surface area contributed by atoms with E-state index in [2.05, 4.69) is 5.32 Å². The van der Waals surface area contributed by atoms with Crippen molar-refractivity contribution in [2.45, 2.75) is 6.54 Å². The first kappa shape index (κ1) is 13.9. The molecule has 0 aliphatic rings. The average Bonchev–Trinajstić information content (AvgIpc) is 2.47. The molecular weight excluding hydrogens is 276 g/mol. The third kappa shape index (κ3) is 3.28. The molecule has 0 aromatic heterocycles. The lowest BCUT2D eigenvalue weighted by atomic mass is 10.1. The van der Waals surface area contributed by atoms with Crippen molar-refractivity contribution < 1.29 is 9.90 Å². The number of nitriles is 1. The van der Waals surface area contributed by atoms with Crippen LogP contribution in [0.5, 0.6) is 5.75 Å². The zero-order chi connectivity index (χ0) is 14.5. The molecule has 0 unspecified atom stereocenters. The van der Waals surface area contributed by atoms with Gasteiger partial charge in [-0.25, -0.2) is 0 Å². The maximum Gasteiger partial charge on any atom is 0.255 e. The molecule has 100 valence electrons. The Morgan fingerprint density at radius 3 is 2.85 bits per heavy atom. The van der Waals surface area contributed by atoms with Crippen molar-refractivity contribution in [3.63, 3.8) is 0 Å². The van der Waals surface area contributed by atoms with Crippen molar-refractivity contribution in [1.29, 1.82) is 5.26 Å². The van der Waals surface area contributed by atoms with Crippen LogP contribution in [-0.4, -0.2) is 11.0 Å². The van der Waals surface area contributed by atoms with Crippen molar-refractivity contribution in [3.05, 3.63) is 64.2 Å². The molecule has 0 radical (unpaired) electrons. The highest BCUT2D eigenvalue weighted by Gasteiger charge is 2.11. The monoisotopic (exact) mass is 286 g/mol. The third-order valence-corrected chi connectivity index (χ3v) is 2.95. The van der Waals surface area contributed by atoms with E-state index in [1.54, 1.807) is 24.3 Å². The van der Waals surface area contributed by atoms with E-state index < -0.39 is 5.91 Å². The molecule has 1 amide bonds. The Hall–Kier alpha value is -2.51. The highest BCUT2D eigenvalue weighted by atomic mass is 35.5. The van der Waals surface area contributed by atoms with E-state index in [4.69, 9.17) is 16.9 Å². The SMILES string of the molecule is N#Cc1cccc(CNC(=O)c2cc(Cl)ccc2O)c1. The Morgan fingerprint density at radius 1 is 1.30 bits per heavy atom. The van der Waals surface area contributed by atoms with Crippen LogP contribution in [0.25, 0.3) is 0 Å². The zero-order valence-corrected chi connectivity index (χ0v) is 11.2. The molecule has 0 fully saturated rings. The fourth-order valence-corrected chi connectivity index (χ4v) is 1.89. The first-order valence-corrected chi connectivity index (χ1v) is 6.23. The second-order valence-corrected chi connectivity index (χ2v) is 4.59. The van der Waals surface area contributed by atoms with Gasteiger partial charge in [0.2, 0.25) is 0 Å². The third-order valence-electron chi connectivity index (χ3n) is 2.71. The Kier molecular flexibility index (Phi) is 4.24. The highest BCUT2D eigenvalue weighted by molar-refractivity contribution is 6.31. The van der Waals surface area contributed by atoms with Crippen LogP contribution in [-0.2, 0) is 6.54 Å². The van der Waals surface area contributed by atoms with Crippen molar-refractivity contribution >= 4 is 17.5 Å². The first-order valence-electron chi connectivity index (χ1n) is 5.86. The summed E-state index contributed by atoms with van der Waals surface area (Å²) in [7, 11) is 0. The molecule has 0 saturated carbocycles. The molecule has 0 atom stereocenters. The predicted molar refractivity (Wildman–Crippen MR) is 75.4 cm³/mol. The number of amides is 1. The van der Waals surface area contributed by atoms with Gasteiger partial charge in [-0.15, -0.1) is 0 Å². The van der Waals surface area contributed by atoms with Gasteiger partial charge in [0.1, 0.15) is 5.75 Å². The summed E-state index contributed by atoms with van der Waals surface area (Å²) in [6.07, 6.45) is 0. The number of hydrogen-bond acceptors (Lipinski definition) is 3. The summed E-state index contributed by atoms with van der Waals surface area (Å²) in [4.78, 5) is 12.0. The van der Waals surface area contributed by atoms with Gasteiger partial charge in [0.05, 0.1) is 17.2 Å². The number of benzene rings is 2. The number of halogens is 1. The van der Waals surface area contributed by atoms with Crippen molar-refractivity contribution in [1.82, 2.24) is 5.32 Å². The van der Waals surface area contributed by atoms with Gasteiger partial charge in [-0.05, 0) is 35.9 Å². The van der Waals surface area contributed by atoms with Crippen LogP contribution in [0.15, 0.2) is 42.5 Å². The summed E-state index contributed by atoms with van der Waals surface area (Å²) in [5, 5.41) is 21.5. The topological polar surface area (TPSA) is 73.1 Å². The van der Waals surface area contributed by atoms with Crippen LogP contribution in [0.2, 0.25) is 5.02 Å². The van der Waals surface area contributed by atoms with Crippen molar-refractivity contribution in [3.8, 4) is 11.8 Å². The summed E-state index contributed by atoms with van der Waals surface area (Å²) >= 11 is 5.79. The van der Waals surface area contributed by atoms with E-state index in [0.717, 1.165) is 5.56 Å². The smallest absolute Gasteiger partial charge is 0.255 e. The molecule has 0 saturated heterocycles. The van der Waals surface area contributed by atoms with E-state index >= 15 is 0 Å². The molecular formula is C15H11ClN2O2. The number of phenolic OH excluding ortho intramolecular Hbond substituents is 1. The fraction of sp³-hybridized carbons (Fsp3) is 0.0667. The maximum absolute atomic E-state index is 12.0. The van der Waals surface area contributed by atoms with Gasteiger partial charge in [-0.2, -0.15) is 5.26 Å². The van der Waals surface area contributed by atoms with Gasteiger partial charge in [-0.1, -0.05) is 23.7 Å². The Bertz CT molecular complexity index is 693. The van der Waals surface area contributed by atoms with Crippen LogP contribution in [0, 0.1) is 11.3 Å². The number of nitrogens with zero attached hydrogens (tertiary/aromatic N) is 1. The molecule has 0 spiro atoms. The van der Waals surface area contributed by atoms with Gasteiger partial charge in [-0.3, -0.25) is 4.79 Å². The average molecular weight is 287 g/mol. The lowest BCUT2D eigenvalue weighted by Gasteiger charge is -2.07. The second-order valence-electron chi connectivity index (χ2n) is 4.16. The van der Waals surface area contributed by atoms with Crippen LogP contribution in [0.4, 0.5) is 0 Å². The molecule has 2 N–H and O–H groups in total. The van der Waals surface area contributed by atoms with E-state index in [0.29, 0.717) is 10.6 Å². The van der Waals surface area contributed by atoms with E-state index in [1.807, 2.05) is 6.07 Å². The number of nitrogens with one attached hydrogen (secondary N) is 1. The molecule has 0 bridgehead atoms. The Labute approximate surface area is 121 Å². The lowest BCUT2D eigenvalue weighted by molar-refractivity contribution is 0.0948. The summed E-state index contributed by atoms with van der Waals surface area (Å²) in [5.41, 5.74) is 1.45. The molecule has 2 aromatic carbocycles. The van der Waals surface area contributed by atoms with E-state index in [9.17, 15) is 9.90 Å². The van der Waals surface area contributed by atoms with Gasteiger partial charge >= 0.3 is 0 Å². The first-order chi connectivity index (χ1) is 9.60. The number of carbonyl (C=O) groups excluding carboxylic acids is 1. The Morgan fingerprint density at radius 2 is 2.10 bits per heavy atom. The van der Waals surface area contributed by atoms with Crippen LogP contribution < -0.4 is 5.32 Å². The number of carbonyl (C=O) groups is 1. The van der Waals surface area contributed by atoms with E-state index in [-0.39, 0.29) is 17.9 Å². The second kappa shape index (κ2) is 6.09. The largest absolute Gasteiger partial charge is 0.507 e. The summed E-state index contributed by atoms with van der Waals surface area (Å²) in [5.74, 6) is -0.551. The minimum atomic E-state index is -0.424. The predicted octanol–water partition coefficient (Wildman–Crippen LogP) is 2.85. The molecule has 0 heterocycles. The minimum Gasteiger partial charge on any atom is -0.507 e. The maximum atomic E-state index is 12.0. The zero-order valence-electron chi connectivity index (χ0n) is 10.4. The molecule has 5 heteroatoms. The number of aromatic hydroxyl groups is 1. The molecule has 2 aromatic rings. The highest BCUT2D eigenvalue weighted by Crippen LogP contribution is 2.21. The fourth-order valence-electron chi connectivity index (χ4n) is 1.72. The lowest BCUT2D eigenvalue weighted by Crippen LogP contribution is -2.22. The number of rotatable bonds is 3. The molecule has 4 nitrogen and oxygen atoms in total. The standard InChI is InChI=1S/C15H11ClN2O2/c16-12-4-5-14(19)13(7-12)15(20)18-9-11-3-1-2-10(6-11)8-17/h1-7,19H,9H2,(H,18,20). The molecule has 20 heavy (non-hydrogen) atoms. The van der Waals surface area contributed by atoms with Crippen molar-refractivity contribution in [2.24, 2.45) is 0 Å². The number of phenols is 1. The van der Waals surface area contributed by atoms with E-state index in [1.165, 1.54) is 18.2 Å². The van der Waals surface area contributed by atoms with Gasteiger partial charge < -0.3 is 10.4 Å². The summed E-state index contributed by atoms with van der Waals surface area (Å²) in [6, 6.07) is 13.2. The van der Waals surface area contributed by atoms with Crippen molar-refractivity contribution in [2.75, 3.05) is 0 Å². The van der Waals surface area contributed by atoms with Crippen LogP contribution in [0.3, 0.4) is 0 Å². The number of hydrogen-bond donors (Lipinski definition) is 2. The van der Waals surface area contributed by atoms with Crippen LogP contribution >= 0.6 is 11.6 Å².